The Morgan fingerprint density at radius 3 is 2.62 bits per heavy atom. The number of halogens is 2. The number of alkyl halides is 2. The first kappa shape index (κ1) is 15.7. The van der Waals surface area contributed by atoms with E-state index in [9.17, 15) is 8.78 Å². The maximum absolute atomic E-state index is 12.3. The lowest BCUT2D eigenvalue weighted by Gasteiger charge is -2.13. The summed E-state index contributed by atoms with van der Waals surface area (Å²) in [6.07, 6.45) is 1.81. The van der Waals surface area contributed by atoms with Crippen molar-refractivity contribution in [2.24, 2.45) is 0 Å². The largest absolute Gasteiger partial charge is 0.433 e. The molecule has 6 heteroatoms. The first-order chi connectivity index (χ1) is 9.86. The van der Waals surface area contributed by atoms with Gasteiger partial charge in [0.25, 0.3) is 0 Å². The van der Waals surface area contributed by atoms with Crippen LogP contribution in [0.4, 0.5) is 14.5 Å². The van der Waals surface area contributed by atoms with Crippen LogP contribution in [-0.4, -0.2) is 11.6 Å². The Labute approximate surface area is 127 Å². The number of thiazole rings is 1. The second kappa shape index (κ2) is 6.39. The number of hydrogen-bond donors (Lipinski definition) is 1. The zero-order chi connectivity index (χ0) is 15.5. The highest BCUT2D eigenvalue weighted by molar-refractivity contribution is 7.11. The Morgan fingerprint density at radius 1 is 1.29 bits per heavy atom. The van der Waals surface area contributed by atoms with E-state index < -0.39 is 6.61 Å². The van der Waals surface area contributed by atoms with E-state index in [2.05, 4.69) is 35.8 Å². The van der Waals surface area contributed by atoms with Crippen LogP contribution in [0.3, 0.4) is 0 Å². The van der Waals surface area contributed by atoms with E-state index >= 15 is 0 Å². The van der Waals surface area contributed by atoms with E-state index in [4.69, 9.17) is 0 Å². The highest BCUT2D eigenvalue weighted by Crippen LogP contribution is 2.29. The third-order valence-electron chi connectivity index (χ3n) is 2.75. The van der Waals surface area contributed by atoms with Gasteiger partial charge in [-0.1, -0.05) is 32.9 Å². The average molecular weight is 312 g/mol. The topological polar surface area (TPSA) is 34.2 Å². The fourth-order valence-corrected chi connectivity index (χ4v) is 2.64. The summed E-state index contributed by atoms with van der Waals surface area (Å²) in [5.74, 6) is 0.146. The summed E-state index contributed by atoms with van der Waals surface area (Å²) in [7, 11) is 0. The quantitative estimate of drug-likeness (QED) is 0.872. The lowest BCUT2D eigenvalue weighted by molar-refractivity contribution is -0.0493. The van der Waals surface area contributed by atoms with E-state index in [0.29, 0.717) is 12.2 Å². The summed E-state index contributed by atoms with van der Waals surface area (Å²) in [6, 6.07) is 6.66. The zero-order valence-corrected chi connectivity index (χ0v) is 13.0. The number of rotatable bonds is 5. The van der Waals surface area contributed by atoms with Gasteiger partial charge in [0.05, 0.1) is 17.2 Å². The highest BCUT2D eigenvalue weighted by Gasteiger charge is 2.18. The van der Waals surface area contributed by atoms with Gasteiger partial charge in [-0.05, 0) is 12.1 Å². The van der Waals surface area contributed by atoms with Gasteiger partial charge >= 0.3 is 6.61 Å². The lowest BCUT2D eigenvalue weighted by atomic mass is 9.98. The Hall–Kier alpha value is -1.69. The van der Waals surface area contributed by atoms with E-state index in [0.717, 1.165) is 9.88 Å². The first-order valence-electron chi connectivity index (χ1n) is 6.59. The molecule has 1 aromatic heterocycles. The summed E-state index contributed by atoms with van der Waals surface area (Å²) >= 11 is 1.62. The third kappa shape index (κ3) is 4.39. The molecule has 0 bridgehead atoms. The summed E-state index contributed by atoms with van der Waals surface area (Å²) in [5.41, 5.74) is 0.558. The van der Waals surface area contributed by atoms with Crippen molar-refractivity contribution in [2.75, 3.05) is 5.32 Å². The molecule has 21 heavy (non-hydrogen) atoms. The molecule has 3 nitrogen and oxygen atoms in total. The molecule has 0 atom stereocenters. The summed E-state index contributed by atoms with van der Waals surface area (Å²) in [4.78, 5) is 5.45. The monoisotopic (exact) mass is 312 g/mol. The highest BCUT2D eigenvalue weighted by atomic mass is 32.1. The van der Waals surface area contributed by atoms with Gasteiger partial charge in [-0.25, -0.2) is 4.98 Å². The minimum atomic E-state index is -2.83. The third-order valence-corrected chi connectivity index (χ3v) is 4.17. The molecule has 0 amide bonds. The molecule has 1 heterocycles. The summed E-state index contributed by atoms with van der Waals surface area (Å²) < 4.78 is 29.2. The van der Waals surface area contributed by atoms with Crippen molar-refractivity contribution in [3.8, 4) is 5.75 Å². The predicted molar refractivity (Wildman–Crippen MR) is 81.2 cm³/mol. The molecule has 0 aliphatic rings. The summed E-state index contributed by atoms with van der Waals surface area (Å²) in [5, 5.41) is 4.16. The fourth-order valence-electron chi connectivity index (χ4n) is 1.73. The normalized spacial score (nSPS) is 11.7. The number of benzene rings is 1. The van der Waals surface area contributed by atoms with Crippen LogP contribution in [0.5, 0.6) is 5.75 Å². The summed E-state index contributed by atoms with van der Waals surface area (Å²) in [6.45, 7) is 4.01. The van der Waals surface area contributed by atoms with E-state index in [1.165, 1.54) is 6.07 Å². The molecule has 1 N–H and O–H groups in total. The van der Waals surface area contributed by atoms with Gasteiger partial charge in [0.15, 0.2) is 0 Å². The number of para-hydroxylation sites is 2. The molecule has 1 aromatic carbocycles. The predicted octanol–water partition coefficient (Wildman–Crippen LogP) is 4.65. The number of nitrogens with zero attached hydrogens (tertiary/aromatic N) is 1. The van der Waals surface area contributed by atoms with Gasteiger partial charge in [0.2, 0.25) is 0 Å². The number of ether oxygens (including phenoxy) is 1. The number of nitrogens with one attached hydrogen (secondary N) is 1. The Morgan fingerprint density at radius 2 is 2.00 bits per heavy atom. The van der Waals surface area contributed by atoms with E-state index in [1.54, 1.807) is 29.5 Å². The van der Waals surface area contributed by atoms with Crippen molar-refractivity contribution in [1.29, 1.82) is 0 Å². The van der Waals surface area contributed by atoms with E-state index in [-0.39, 0.29) is 11.2 Å². The SMILES string of the molecule is CC(C)(C)c1ncc(CNc2ccccc2OC(F)F)s1. The van der Waals surface area contributed by atoms with Crippen molar-refractivity contribution in [3.63, 3.8) is 0 Å². The molecule has 2 aromatic rings. The fraction of sp³-hybridized carbons (Fsp3) is 0.400. The molecule has 0 aliphatic carbocycles. The van der Waals surface area contributed by atoms with Crippen LogP contribution in [-0.2, 0) is 12.0 Å². The van der Waals surface area contributed by atoms with Crippen molar-refractivity contribution in [2.45, 2.75) is 39.3 Å². The van der Waals surface area contributed by atoms with Gasteiger partial charge in [-0.2, -0.15) is 8.78 Å². The van der Waals surface area contributed by atoms with Crippen molar-refractivity contribution in [1.82, 2.24) is 4.98 Å². The van der Waals surface area contributed by atoms with Crippen LogP contribution in [0.2, 0.25) is 0 Å². The molecular weight excluding hydrogens is 294 g/mol. The van der Waals surface area contributed by atoms with Crippen LogP contribution in [0.1, 0.15) is 30.7 Å². The van der Waals surface area contributed by atoms with Gasteiger partial charge in [0, 0.05) is 16.5 Å². The van der Waals surface area contributed by atoms with Crippen LogP contribution < -0.4 is 10.1 Å². The molecule has 2 rings (SSSR count). The maximum Gasteiger partial charge on any atom is 0.387 e. The standard InChI is InChI=1S/C15H18F2N2OS/c1-15(2,3)13-19-9-10(21-13)8-18-11-6-4-5-7-12(11)20-14(16)17/h4-7,9,14,18H,8H2,1-3H3. The van der Waals surface area contributed by atoms with E-state index in [1.807, 2.05) is 6.20 Å². The van der Waals surface area contributed by atoms with Crippen molar-refractivity contribution in [3.05, 3.63) is 40.3 Å². The van der Waals surface area contributed by atoms with Crippen LogP contribution in [0, 0.1) is 0 Å². The average Bonchev–Trinajstić information content (AvgIpc) is 2.86. The zero-order valence-electron chi connectivity index (χ0n) is 12.2. The van der Waals surface area contributed by atoms with Gasteiger partial charge in [-0.15, -0.1) is 11.3 Å². The van der Waals surface area contributed by atoms with Crippen LogP contribution in [0.15, 0.2) is 30.5 Å². The second-order valence-corrected chi connectivity index (χ2v) is 6.73. The van der Waals surface area contributed by atoms with Crippen LogP contribution in [0.25, 0.3) is 0 Å². The number of aromatic nitrogens is 1. The number of anilines is 1. The van der Waals surface area contributed by atoms with Crippen molar-refractivity contribution < 1.29 is 13.5 Å². The molecular formula is C15H18F2N2OS. The smallest absolute Gasteiger partial charge is 0.387 e. The maximum atomic E-state index is 12.3. The van der Waals surface area contributed by atoms with Gasteiger partial charge in [0.1, 0.15) is 5.75 Å². The molecule has 0 aliphatic heterocycles. The Kier molecular flexibility index (Phi) is 4.77. The van der Waals surface area contributed by atoms with Crippen LogP contribution >= 0.6 is 11.3 Å². The Bertz CT molecular complexity index is 593. The number of hydrogen-bond acceptors (Lipinski definition) is 4. The molecule has 0 saturated carbocycles. The second-order valence-electron chi connectivity index (χ2n) is 5.61. The van der Waals surface area contributed by atoms with Crippen molar-refractivity contribution >= 4 is 17.0 Å². The first-order valence-corrected chi connectivity index (χ1v) is 7.41. The van der Waals surface area contributed by atoms with Gasteiger partial charge in [-0.3, -0.25) is 0 Å². The lowest BCUT2D eigenvalue weighted by Crippen LogP contribution is -2.09. The molecule has 0 radical (unpaired) electrons. The molecule has 0 unspecified atom stereocenters. The minimum Gasteiger partial charge on any atom is -0.433 e. The Balaban J connectivity index is 2.05. The molecule has 0 saturated heterocycles. The van der Waals surface area contributed by atoms with Gasteiger partial charge < -0.3 is 10.1 Å². The molecule has 0 spiro atoms. The minimum absolute atomic E-state index is 0.0135. The molecule has 0 fully saturated rings. The molecule has 114 valence electrons.